The highest BCUT2D eigenvalue weighted by molar-refractivity contribution is 5.47. The maximum absolute atomic E-state index is 2.27. The fourth-order valence-electron chi connectivity index (χ4n) is 2.24. The standard InChI is InChI=1S/C17H19/c1-4-17(15-9-5-7-13(2)11-15)16-10-6-8-14(3)12-16/h5-12H,4H2,1-3H3. The molecule has 0 saturated carbocycles. The molecule has 0 N–H and O–H groups in total. The lowest BCUT2D eigenvalue weighted by atomic mass is 9.88. The minimum absolute atomic E-state index is 1.06. The maximum atomic E-state index is 2.27. The van der Waals surface area contributed by atoms with Crippen LogP contribution in [0.4, 0.5) is 0 Å². The Labute approximate surface area is 104 Å². The van der Waals surface area contributed by atoms with Gasteiger partial charge in [-0.2, -0.15) is 0 Å². The van der Waals surface area contributed by atoms with Gasteiger partial charge in [-0.1, -0.05) is 66.6 Å². The summed E-state index contributed by atoms with van der Waals surface area (Å²) in [6, 6.07) is 17.5. The predicted molar refractivity (Wildman–Crippen MR) is 74.1 cm³/mol. The van der Waals surface area contributed by atoms with Gasteiger partial charge in [-0.3, -0.25) is 0 Å². The molecule has 1 radical (unpaired) electrons. The fraction of sp³-hybridized carbons (Fsp3) is 0.235. The summed E-state index contributed by atoms with van der Waals surface area (Å²) in [7, 11) is 0. The number of rotatable bonds is 3. The van der Waals surface area contributed by atoms with Crippen LogP contribution < -0.4 is 0 Å². The largest absolute Gasteiger partial charge is 0.0642 e. The molecular formula is C17H19. The lowest BCUT2D eigenvalue weighted by molar-refractivity contribution is 0.986. The molecule has 0 unspecified atom stereocenters. The van der Waals surface area contributed by atoms with Crippen LogP contribution >= 0.6 is 0 Å². The van der Waals surface area contributed by atoms with Crippen molar-refractivity contribution >= 4 is 0 Å². The van der Waals surface area contributed by atoms with Gasteiger partial charge in [0.15, 0.2) is 0 Å². The maximum Gasteiger partial charge on any atom is 0.0337 e. The normalized spacial score (nSPS) is 10.8. The van der Waals surface area contributed by atoms with Crippen molar-refractivity contribution < 1.29 is 0 Å². The molecule has 0 nitrogen and oxygen atoms in total. The Bertz CT molecular complexity index is 451. The molecule has 0 fully saturated rings. The summed E-state index contributed by atoms with van der Waals surface area (Å²) < 4.78 is 0. The number of aryl methyl sites for hydroxylation is 2. The molecule has 0 saturated heterocycles. The molecule has 0 bridgehead atoms. The van der Waals surface area contributed by atoms with Crippen molar-refractivity contribution in [2.24, 2.45) is 0 Å². The van der Waals surface area contributed by atoms with E-state index in [1.165, 1.54) is 28.2 Å². The summed E-state index contributed by atoms with van der Waals surface area (Å²) in [4.78, 5) is 0. The van der Waals surface area contributed by atoms with Gasteiger partial charge in [0.25, 0.3) is 0 Å². The third-order valence-corrected chi connectivity index (χ3v) is 3.09. The molecular weight excluding hydrogens is 204 g/mol. The van der Waals surface area contributed by atoms with E-state index in [0.717, 1.165) is 6.42 Å². The monoisotopic (exact) mass is 223 g/mol. The summed E-state index contributed by atoms with van der Waals surface area (Å²) in [6.07, 6.45) is 1.06. The Morgan fingerprint density at radius 2 is 1.29 bits per heavy atom. The first kappa shape index (κ1) is 11.9. The molecule has 0 heteroatoms. The third-order valence-electron chi connectivity index (χ3n) is 3.09. The van der Waals surface area contributed by atoms with Crippen LogP contribution in [0.2, 0.25) is 0 Å². The molecule has 0 atom stereocenters. The number of hydrogen-bond acceptors (Lipinski definition) is 0. The van der Waals surface area contributed by atoms with E-state index in [2.05, 4.69) is 69.3 Å². The van der Waals surface area contributed by atoms with E-state index in [1.807, 2.05) is 0 Å². The molecule has 0 spiro atoms. The molecule has 0 aliphatic rings. The Morgan fingerprint density at radius 1 is 0.824 bits per heavy atom. The SMILES string of the molecule is CC[C](c1cccc(C)c1)c1cccc(C)c1. The molecule has 2 aromatic rings. The zero-order valence-corrected chi connectivity index (χ0v) is 10.8. The van der Waals surface area contributed by atoms with E-state index in [4.69, 9.17) is 0 Å². The number of benzene rings is 2. The molecule has 0 aromatic heterocycles. The van der Waals surface area contributed by atoms with Crippen molar-refractivity contribution in [3.05, 3.63) is 76.7 Å². The average Bonchev–Trinajstić information content (AvgIpc) is 2.30. The minimum atomic E-state index is 1.06. The smallest absolute Gasteiger partial charge is 0.0337 e. The van der Waals surface area contributed by atoms with E-state index in [0.29, 0.717) is 0 Å². The average molecular weight is 223 g/mol. The van der Waals surface area contributed by atoms with E-state index in [-0.39, 0.29) is 0 Å². The molecule has 17 heavy (non-hydrogen) atoms. The number of hydrogen-bond donors (Lipinski definition) is 0. The van der Waals surface area contributed by atoms with Gasteiger partial charge < -0.3 is 0 Å². The van der Waals surface area contributed by atoms with E-state index < -0.39 is 0 Å². The van der Waals surface area contributed by atoms with Gasteiger partial charge in [0.1, 0.15) is 0 Å². The summed E-state index contributed by atoms with van der Waals surface area (Å²) in [6.45, 7) is 6.51. The Hall–Kier alpha value is -1.56. The third kappa shape index (κ3) is 2.76. The van der Waals surface area contributed by atoms with E-state index in [1.54, 1.807) is 0 Å². The molecule has 0 aliphatic heterocycles. The predicted octanol–water partition coefficient (Wildman–Crippen LogP) is 4.68. The van der Waals surface area contributed by atoms with Crippen molar-refractivity contribution in [2.45, 2.75) is 27.2 Å². The van der Waals surface area contributed by atoms with Gasteiger partial charge in [0.2, 0.25) is 0 Å². The summed E-state index contributed by atoms with van der Waals surface area (Å²) in [5, 5.41) is 0. The lowest BCUT2D eigenvalue weighted by Crippen LogP contribution is -2.01. The molecule has 0 amide bonds. The first-order valence-corrected chi connectivity index (χ1v) is 6.20. The molecule has 2 rings (SSSR count). The molecule has 0 aliphatic carbocycles. The van der Waals surface area contributed by atoms with Crippen LogP contribution in [0.1, 0.15) is 35.6 Å². The van der Waals surface area contributed by atoms with Crippen molar-refractivity contribution in [1.82, 2.24) is 0 Å². The second-order valence-corrected chi connectivity index (χ2v) is 4.57. The van der Waals surface area contributed by atoms with Crippen LogP contribution in [0.3, 0.4) is 0 Å². The van der Waals surface area contributed by atoms with E-state index in [9.17, 15) is 0 Å². The van der Waals surface area contributed by atoms with Crippen LogP contribution in [0.15, 0.2) is 48.5 Å². The van der Waals surface area contributed by atoms with Crippen molar-refractivity contribution in [1.29, 1.82) is 0 Å². The van der Waals surface area contributed by atoms with Gasteiger partial charge in [0, 0.05) is 5.92 Å². The Kier molecular flexibility index (Phi) is 3.63. The Balaban J connectivity index is 2.40. The zero-order chi connectivity index (χ0) is 12.3. The van der Waals surface area contributed by atoms with Crippen molar-refractivity contribution in [3.8, 4) is 0 Å². The molecule has 2 aromatic carbocycles. The van der Waals surface area contributed by atoms with Crippen LogP contribution in [-0.4, -0.2) is 0 Å². The van der Waals surface area contributed by atoms with Gasteiger partial charge in [-0.05, 0) is 31.4 Å². The summed E-state index contributed by atoms with van der Waals surface area (Å²) >= 11 is 0. The van der Waals surface area contributed by atoms with E-state index >= 15 is 0 Å². The van der Waals surface area contributed by atoms with Crippen LogP contribution in [0.25, 0.3) is 0 Å². The molecule has 0 heterocycles. The quantitative estimate of drug-likeness (QED) is 0.708. The molecule has 87 valence electrons. The van der Waals surface area contributed by atoms with Crippen LogP contribution in [0.5, 0.6) is 0 Å². The van der Waals surface area contributed by atoms with Crippen LogP contribution in [-0.2, 0) is 0 Å². The van der Waals surface area contributed by atoms with Gasteiger partial charge in [-0.15, -0.1) is 0 Å². The highest BCUT2D eigenvalue weighted by atomic mass is 14.2. The lowest BCUT2D eigenvalue weighted by Gasteiger charge is -2.16. The summed E-state index contributed by atoms with van der Waals surface area (Å²) in [5.41, 5.74) is 5.33. The minimum Gasteiger partial charge on any atom is -0.0642 e. The van der Waals surface area contributed by atoms with Gasteiger partial charge in [-0.25, -0.2) is 0 Å². The zero-order valence-electron chi connectivity index (χ0n) is 10.8. The highest BCUT2D eigenvalue weighted by Gasteiger charge is 2.12. The van der Waals surface area contributed by atoms with Gasteiger partial charge in [0.05, 0.1) is 0 Å². The van der Waals surface area contributed by atoms with Crippen molar-refractivity contribution in [3.63, 3.8) is 0 Å². The summed E-state index contributed by atoms with van der Waals surface area (Å²) in [5.74, 6) is 1.43. The topological polar surface area (TPSA) is 0 Å². The highest BCUT2D eigenvalue weighted by Crippen LogP contribution is 2.27. The first-order chi connectivity index (χ1) is 8.20. The van der Waals surface area contributed by atoms with Crippen LogP contribution in [0, 0.1) is 19.8 Å². The Morgan fingerprint density at radius 3 is 1.65 bits per heavy atom. The second-order valence-electron chi connectivity index (χ2n) is 4.57. The first-order valence-electron chi connectivity index (χ1n) is 6.20. The second kappa shape index (κ2) is 5.18. The van der Waals surface area contributed by atoms with Crippen molar-refractivity contribution in [2.75, 3.05) is 0 Å². The van der Waals surface area contributed by atoms with Gasteiger partial charge >= 0.3 is 0 Å². The fourth-order valence-corrected chi connectivity index (χ4v) is 2.24.